The van der Waals surface area contributed by atoms with Crippen molar-refractivity contribution in [1.82, 2.24) is 25.6 Å². The van der Waals surface area contributed by atoms with E-state index >= 15 is 0 Å². The van der Waals surface area contributed by atoms with E-state index in [0.717, 1.165) is 5.01 Å². The molecule has 2 N–H and O–H groups in total. The molecular formula is C24H26ClN5O4. The SMILES string of the molecule is CCC1(c2ccccc2)NC(=O)N(NC(=O)CN2CCN(C(=O)c3ccc(Cl)cc3)CC2)C1=O. The third-order valence-electron chi connectivity index (χ3n) is 6.24. The number of urea groups is 1. The van der Waals surface area contributed by atoms with Gasteiger partial charge in [0.2, 0.25) is 0 Å². The van der Waals surface area contributed by atoms with Crippen LogP contribution in [0.15, 0.2) is 54.6 Å². The lowest BCUT2D eigenvalue weighted by Gasteiger charge is -2.34. The molecule has 2 fully saturated rings. The molecule has 0 aromatic heterocycles. The van der Waals surface area contributed by atoms with Gasteiger partial charge in [-0.25, -0.2) is 4.79 Å². The third-order valence-corrected chi connectivity index (χ3v) is 6.49. The van der Waals surface area contributed by atoms with Gasteiger partial charge in [0, 0.05) is 36.8 Å². The molecule has 2 aliphatic heterocycles. The number of carbonyl (C=O) groups excluding carboxylic acids is 4. The molecule has 9 nitrogen and oxygen atoms in total. The number of hydrogen-bond donors (Lipinski definition) is 2. The number of benzene rings is 2. The lowest BCUT2D eigenvalue weighted by molar-refractivity contribution is -0.140. The Morgan fingerprint density at radius 1 is 1.00 bits per heavy atom. The second-order valence-corrected chi connectivity index (χ2v) is 8.74. The highest BCUT2D eigenvalue weighted by molar-refractivity contribution is 6.30. The molecule has 178 valence electrons. The summed E-state index contributed by atoms with van der Waals surface area (Å²) in [5.74, 6) is -1.07. The topological polar surface area (TPSA) is 102 Å². The van der Waals surface area contributed by atoms with E-state index in [2.05, 4.69) is 10.7 Å². The molecule has 2 aromatic carbocycles. The van der Waals surface area contributed by atoms with Crippen LogP contribution in [0.1, 0.15) is 29.3 Å². The van der Waals surface area contributed by atoms with Gasteiger partial charge in [0.25, 0.3) is 17.7 Å². The Morgan fingerprint density at radius 3 is 2.26 bits per heavy atom. The number of nitrogens with one attached hydrogen (secondary N) is 2. The Labute approximate surface area is 202 Å². The molecule has 0 radical (unpaired) electrons. The van der Waals surface area contributed by atoms with Gasteiger partial charge in [-0.1, -0.05) is 48.9 Å². The highest BCUT2D eigenvalue weighted by atomic mass is 35.5. The predicted octanol–water partition coefficient (Wildman–Crippen LogP) is 1.99. The summed E-state index contributed by atoms with van der Waals surface area (Å²) in [4.78, 5) is 54.6. The molecule has 2 saturated heterocycles. The van der Waals surface area contributed by atoms with Crippen molar-refractivity contribution < 1.29 is 19.2 Å². The fraction of sp³-hybridized carbons (Fsp3) is 0.333. The highest BCUT2D eigenvalue weighted by Gasteiger charge is 2.52. The Morgan fingerprint density at radius 2 is 1.65 bits per heavy atom. The Balaban J connectivity index is 1.32. The maximum absolute atomic E-state index is 13.1. The summed E-state index contributed by atoms with van der Waals surface area (Å²) in [6.07, 6.45) is 0.345. The summed E-state index contributed by atoms with van der Waals surface area (Å²) in [7, 11) is 0. The molecule has 2 aromatic rings. The van der Waals surface area contributed by atoms with Crippen molar-refractivity contribution in [3.63, 3.8) is 0 Å². The van der Waals surface area contributed by atoms with Crippen LogP contribution in [-0.4, -0.2) is 71.3 Å². The molecule has 10 heteroatoms. The first kappa shape index (κ1) is 23.7. The van der Waals surface area contributed by atoms with Gasteiger partial charge in [0.1, 0.15) is 5.54 Å². The molecule has 1 unspecified atom stereocenters. The van der Waals surface area contributed by atoms with E-state index < -0.39 is 23.4 Å². The van der Waals surface area contributed by atoms with Gasteiger partial charge in [-0.3, -0.25) is 24.7 Å². The zero-order valence-corrected chi connectivity index (χ0v) is 19.5. The third kappa shape index (κ3) is 4.62. The van der Waals surface area contributed by atoms with Crippen LogP contribution in [0.25, 0.3) is 0 Å². The van der Waals surface area contributed by atoms with E-state index in [4.69, 9.17) is 11.6 Å². The number of carbonyl (C=O) groups is 4. The summed E-state index contributed by atoms with van der Waals surface area (Å²) in [6, 6.07) is 15.0. The second kappa shape index (κ2) is 9.82. The van der Waals surface area contributed by atoms with Crippen LogP contribution in [0.2, 0.25) is 5.02 Å². The molecule has 2 heterocycles. The van der Waals surface area contributed by atoms with Gasteiger partial charge in [-0.05, 0) is 36.2 Å². The van der Waals surface area contributed by atoms with Gasteiger partial charge >= 0.3 is 6.03 Å². The standard InChI is InChI=1S/C24H26ClN5O4/c1-2-24(18-6-4-3-5-7-18)22(33)30(23(34)26-24)27-20(31)16-28-12-14-29(15-13-28)21(32)17-8-10-19(25)11-9-17/h3-11H,2,12-16H2,1H3,(H,26,34)(H,27,31). The first-order valence-electron chi connectivity index (χ1n) is 11.1. The average molecular weight is 484 g/mol. The van der Waals surface area contributed by atoms with E-state index in [9.17, 15) is 19.2 Å². The van der Waals surface area contributed by atoms with Crippen molar-refractivity contribution in [1.29, 1.82) is 0 Å². The van der Waals surface area contributed by atoms with Gasteiger partial charge in [0.15, 0.2) is 0 Å². The highest BCUT2D eigenvalue weighted by Crippen LogP contribution is 2.31. The van der Waals surface area contributed by atoms with Gasteiger partial charge < -0.3 is 10.2 Å². The number of amides is 5. The number of hydrazine groups is 1. The molecule has 5 amide bonds. The molecule has 0 aliphatic carbocycles. The van der Waals surface area contributed by atoms with Crippen molar-refractivity contribution in [2.45, 2.75) is 18.9 Å². The van der Waals surface area contributed by atoms with Crippen LogP contribution in [0.5, 0.6) is 0 Å². The molecular weight excluding hydrogens is 458 g/mol. The first-order valence-corrected chi connectivity index (χ1v) is 11.5. The van der Waals surface area contributed by atoms with E-state index in [-0.39, 0.29) is 12.5 Å². The van der Waals surface area contributed by atoms with Crippen LogP contribution >= 0.6 is 11.6 Å². The van der Waals surface area contributed by atoms with Crippen molar-refractivity contribution >= 4 is 35.4 Å². The fourth-order valence-corrected chi connectivity index (χ4v) is 4.41. The summed E-state index contributed by atoms with van der Waals surface area (Å²) in [5, 5.41) is 4.07. The van der Waals surface area contributed by atoms with E-state index in [1.165, 1.54) is 0 Å². The quantitative estimate of drug-likeness (QED) is 0.612. The average Bonchev–Trinajstić information content (AvgIpc) is 3.10. The zero-order chi connectivity index (χ0) is 24.3. The van der Waals surface area contributed by atoms with Gasteiger partial charge in [0.05, 0.1) is 6.54 Å². The number of piperazine rings is 1. The van der Waals surface area contributed by atoms with Crippen LogP contribution in [-0.2, 0) is 15.1 Å². The number of halogens is 1. The van der Waals surface area contributed by atoms with Crippen LogP contribution < -0.4 is 10.7 Å². The summed E-state index contributed by atoms with van der Waals surface area (Å²) in [6.45, 7) is 3.73. The van der Waals surface area contributed by atoms with Crippen LogP contribution in [0, 0.1) is 0 Å². The van der Waals surface area contributed by atoms with Crippen molar-refractivity contribution in [2.24, 2.45) is 0 Å². The lowest BCUT2D eigenvalue weighted by atomic mass is 9.87. The largest absolute Gasteiger partial charge is 0.344 e. The van der Waals surface area contributed by atoms with Crippen molar-refractivity contribution in [3.05, 3.63) is 70.7 Å². The summed E-state index contributed by atoms with van der Waals surface area (Å²) in [5.41, 5.74) is 2.46. The van der Waals surface area contributed by atoms with E-state index in [0.29, 0.717) is 48.7 Å². The number of rotatable bonds is 6. The molecule has 0 spiro atoms. The zero-order valence-electron chi connectivity index (χ0n) is 18.8. The molecule has 2 aliphatic rings. The smallest absolute Gasteiger partial charge is 0.336 e. The van der Waals surface area contributed by atoms with Crippen molar-refractivity contribution in [3.8, 4) is 0 Å². The van der Waals surface area contributed by atoms with Crippen LogP contribution in [0.3, 0.4) is 0 Å². The predicted molar refractivity (Wildman–Crippen MR) is 126 cm³/mol. The monoisotopic (exact) mass is 483 g/mol. The fourth-order valence-electron chi connectivity index (χ4n) is 4.29. The molecule has 1 atom stereocenters. The minimum Gasteiger partial charge on any atom is -0.336 e. The first-order chi connectivity index (χ1) is 16.3. The minimum atomic E-state index is -1.21. The molecule has 4 rings (SSSR count). The number of imide groups is 1. The minimum absolute atomic E-state index is 0.00446. The maximum Gasteiger partial charge on any atom is 0.344 e. The Bertz CT molecular complexity index is 1090. The summed E-state index contributed by atoms with van der Waals surface area (Å²) >= 11 is 5.88. The summed E-state index contributed by atoms with van der Waals surface area (Å²) < 4.78 is 0. The second-order valence-electron chi connectivity index (χ2n) is 8.31. The Hall–Kier alpha value is -3.43. The van der Waals surface area contributed by atoms with Crippen LogP contribution in [0.4, 0.5) is 4.79 Å². The number of hydrogen-bond acceptors (Lipinski definition) is 5. The number of nitrogens with zero attached hydrogens (tertiary/aromatic N) is 3. The van der Waals surface area contributed by atoms with E-state index in [1.54, 1.807) is 60.4 Å². The van der Waals surface area contributed by atoms with E-state index in [1.807, 2.05) is 11.0 Å². The van der Waals surface area contributed by atoms with Gasteiger partial charge in [-0.2, -0.15) is 5.01 Å². The van der Waals surface area contributed by atoms with Crippen molar-refractivity contribution in [2.75, 3.05) is 32.7 Å². The normalized spacial score (nSPS) is 20.9. The van der Waals surface area contributed by atoms with Gasteiger partial charge in [-0.15, -0.1) is 0 Å². The molecule has 34 heavy (non-hydrogen) atoms. The maximum atomic E-state index is 13.1. The lowest BCUT2D eigenvalue weighted by Crippen LogP contribution is -2.54. The molecule has 0 saturated carbocycles. The Kier molecular flexibility index (Phi) is 6.85. The molecule has 0 bridgehead atoms.